The van der Waals surface area contributed by atoms with Gasteiger partial charge in [0, 0.05) is 24.5 Å². The van der Waals surface area contributed by atoms with Crippen LogP contribution in [0.25, 0.3) is 0 Å². The van der Waals surface area contributed by atoms with Gasteiger partial charge in [0.1, 0.15) is 0 Å². The van der Waals surface area contributed by atoms with Crippen molar-refractivity contribution in [1.29, 1.82) is 0 Å². The summed E-state index contributed by atoms with van der Waals surface area (Å²) in [7, 11) is 2.12. The van der Waals surface area contributed by atoms with Gasteiger partial charge in [-0.2, -0.15) is 0 Å². The first-order chi connectivity index (χ1) is 5.22. The van der Waals surface area contributed by atoms with E-state index in [2.05, 4.69) is 35.5 Å². The Kier molecular flexibility index (Phi) is 2.12. The topological polar surface area (TPSA) is 29.3 Å². The van der Waals surface area contributed by atoms with Crippen LogP contribution < -0.4 is 5.73 Å². The standard InChI is InChI=1S/C7H14N2S2/c1-9-5-7(4-6(9)8)10-2-3-11-7/h6H,2-5,8H2,1H3. The molecule has 0 aromatic heterocycles. The van der Waals surface area contributed by atoms with Gasteiger partial charge in [0.25, 0.3) is 0 Å². The molecule has 0 aromatic rings. The lowest BCUT2D eigenvalue weighted by molar-refractivity contribution is 0.318. The van der Waals surface area contributed by atoms with Crippen molar-refractivity contribution in [3.63, 3.8) is 0 Å². The average molecular weight is 190 g/mol. The fourth-order valence-electron chi connectivity index (χ4n) is 1.74. The Morgan fingerprint density at radius 2 is 2.09 bits per heavy atom. The summed E-state index contributed by atoms with van der Waals surface area (Å²) in [6.07, 6.45) is 1.46. The molecule has 1 unspecified atom stereocenters. The van der Waals surface area contributed by atoms with Gasteiger partial charge in [-0.3, -0.25) is 4.90 Å². The molecule has 2 aliphatic rings. The van der Waals surface area contributed by atoms with E-state index < -0.39 is 0 Å². The Hall–Kier alpha value is 0.620. The zero-order valence-electron chi connectivity index (χ0n) is 6.75. The second-order valence-corrected chi connectivity index (χ2v) is 6.51. The molecule has 2 N–H and O–H groups in total. The van der Waals surface area contributed by atoms with Gasteiger partial charge in [0.2, 0.25) is 0 Å². The van der Waals surface area contributed by atoms with Crippen LogP contribution in [0.3, 0.4) is 0 Å². The Labute approximate surface area is 76.3 Å². The van der Waals surface area contributed by atoms with Crippen molar-refractivity contribution in [3.05, 3.63) is 0 Å². The summed E-state index contributed by atoms with van der Waals surface area (Å²) in [6.45, 7) is 1.17. The first-order valence-corrected chi connectivity index (χ1v) is 5.93. The fraction of sp³-hybridized carbons (Fsp3) is 1.00. The Bertz CT molecular complexity index is 145. The highest BCUT2D eigenvalue weighted by Gasteiger charge is 2.44. The predicted octanol–water partition coefficient (Wildman–Crippen LogP) is 0.783. The predicted molar refractivity (Wildman–Crippen MR) is 52.9 cm³/mol. The number of thioether (sulfide) groups is 2. The molecule has 1 atom stereocenters. The minimum atomic E-state index is 0.299. The molecule has 64 valence electrons. The van der Waals surface area contributed by atoms with Gasteiger partial charge < -0.3 is 5.73 Å². The molecule has 2 nitrogen and oxygen atoms in total. The van der Waals surface area contributed by atoms with Crippen LogP contribution in [0.15, 0.2) is 0 Å². The summed E-state index contributed by atoms with van der Waals surface area (Å²) >= 11 is 4.20. The summed E-state index contributed by atoms with van der Waals surface area (Å²) in [5, 5.41) is 0. The Morgan fingerprint density at radius 1 is 1.45 bits per heavy atom. The summed E-state index contributed by atoms with van der Waals surface area (Å²) in [4.78, 5) is 2.27. The summed E-state index contributed by atoms with van der Waals surface area (Å²) in [5.74, 6) is 2.62. The number of hydrogen-bond acceptors (Lipinski definition) is 4. The van der Waals surface area contributed by atoms with Crippen molar-refractivity contribution in [2.45, 2.75) is 16.7 Å². The van der Waals surface area contributed by atoms with Crippen LogP contribution in [-0.4, -0.2) is 40.2 Å². The molecule has 0 radical (unpaired) electrons. The van der Waals surface area contributed by atoms with Crippen molar-refractivity contribution < 1.29 is 0 Å². The maximum absolute atomic E-state index is 5.93. The Morgan fingerprint density at radius 3 is 2.55 bits per heavy atom. The second kappa shape index (κ2) is 2.83. The quantitative estimate of drug-likeness (QED) is 0.611. The highest BCUT2D eigenvalue weighted by atomic mass is 32.2. The lowest BCUT2D eigenvalue weighted by Crippen LogP contribution is -2.32. The van der Waals surface area contributed by atoms with Gasteiger partial charge in [0.15, 0.2) is 0 Å². The lowest BCUT2D eigenvalue weighted by atomic mass is 10.3. The molecule has 0 aromatic carbocycles. The van der Waals surface area contributed by atoms with Gasteiger partial charge in [-0.15, -0.1) is 23.5 Å². The third-order valence-electron chi connectivity index (χ3n) is 2.39. The molecule has 0 saturated carbocycles. The average Bonchev–Trinajstić information content (AvgIpc) is 2.46. The first-order valence-electron chi connectivity index (χ1n) is 3.96. The molecule has 0 amide bonds. The minimum absolute atomic E-state index is 0.299. The molecule has 0 aliphatic carbocycles. The molecule has 2 aliphatic heterocycles. The van der Waals surface area contributed by atoms with Crippen molar-refractivity contribution in [3.8, 4) is 0 Å². The molecule has 2 rings (SSSR count). The van der Waals surface area contributed by atoms with Crippen LogP contribution in [0.1, 0.15) is 6.42 Å². The molecule has 2 heterocycles. The normalized spacial score (nSPS) is 37.1. The van der Waals surface area contributed by atoms with Gasteiger partial charge in [-0.25, -0.2) is 0 Å². The smallest absolute Gasteiger partial charge is 0.0765 e. The van der Waals surface area contributed by atoms with E-state index in [4.69, 9.17) is 5.73 Å². The van der Waals surface area contributed by atoms with Gasteiger partial charge in [-0.05, 0) is 7.05 Å². The van der Waals surface area contributed by atoms with Crippen molar-refractivity contribution in [2.24, 2.45) is 5.73 Å². The van der Waals surface area contributed by atoms with E-state index in [1.807, 2.05) is 0 Å². The molecule has 0 bridgehead atoms. The van der Waals surface area contributed by atoms with E-state index in [1.54, 1.807) is 0 Å². The molecular formula is C7H14N2S2. The van der Waals surface area contributed by atoms with E-state index in [0.29, 0.717) is 10.2 Å². The van der Waals surface area contributed by atoms with Gasteiger partial charge in [-0.1, -0.05) is 0 Å². The molecular weight excluding hydrogens is 176 g/mol. The maximum Gasteiger partial charge on any atom is 0.0765 e. The fourth-order valence-corrected chi connectivity index (χ4v) is 5.15. The molecule has 1 spiro atoms. The van der Waals surface area contributed by atoms with Crippen LogP contribution >= 0.6 is 23.5 Å². The highest BCUT2D eigenvalue weighted by molar-refractivity contribution is 8.21. The van der Waals surface area contributed by atoms with Crippen LogP contribution in [0.5, 0.6) is 0 Å². The third-order valence-corrected chi connectivity index (χ3v) is 5.82. The number of rotatable bonds is 0. The largest absolute Gasteiger partial charge is 0.316 e. The summed E-state index contributed by atoms with van der Waals surface area (Å²) in [6, 6.07) is 0. The minimum Gasteiger partial charge on any atom is -0.316 e. The number of hydrogen-bond donors (Lipinski definition) is 1. The van der Waals surface area contributed by atoms with Crippen molar-refractivity contribution >= 4 is 23.5 Å². The third kappa shape index (κ3) is 1.41. The maximum atomic E-state index is 5.93. The van der Waals surface area contributed by atoms with Crippen molar-refractivity contribution in [1.82, 2.24) is 4.90 Å². The summed E-state index contributed by atoms with van der Waals surface area (Å²) in [5.41, 5.74) is 5.93. The van der Waals surface area contributed by atoms with Gasteiger partial charge in [0.05, 0.1) is 10.2 Å². The van der Waals surface area contributed by atoms with E-state index >= 15 is 0 Å². The van der Waals surface area contributed by atoms with Crippen LogP contribution in [0, 0.1) is 0 Å². The van der Waals surface area contributed by atoms with Crippen LogP contribution in [-0.2, 0) is 0 Å². The summed E-state index contributed by atoms with van der Waals surface area (Å²) < 4.78 is 0.466. The molecule has 2 fully saturated rings. The van der Waals surface area contributed by atoms with E-state index in [0.717, 1.165) is 0 Å². The number of likely N-dealkylation sites (tertiary alicyclic amines) is 1. The van der Waals surface area contributed by atoms with E-state index in [9.17, 15) is 0 Å². The molecule has 11 heavy (non-hydrogen) atoms. The number of nitrogens with two attached hydrogens (primary N) is 1. The van der Waals surface area contributed by atoms with Gasteiger partial charge >= 0.3 is 0 Å². The van der Waals surface area contributed by atoms with Crippen LogP contribution in [0.2, 0.25) is 0 Å². The lowest BCUT2D eigenvalue weighted by Gasteiger charge is -2.19. The van der Waals surface area contributed by atoms with E-state index in [-0.39, 0.29) is 0 Å². The van der Waals surface area contributed by atoms with E-state index in [1.165, 1.54) is 24.5 Å². The first kappa shape index (κ1) is 8.23. The zero-order chi connectivity index (χ0) is 7.90. The zero-order valence-corrected chi connectivity index (χ0v) is 8.38. The number of nitrogens with zero attached hydrogens (tertiary/aromatic N) is 1. The Balaban J connectivity index is 2.06. The molecule has 2 saturated heterocycles. The second-order valence-electron chi connectivity index (χ2n) is 3.29. The monoisotopic (exact) mass is 190 g/mol. The van der Waals surface area contributed by atoms with Crippen LogP contribution in [0.4, 0.5) is 0 Å². The molecule has 4 heteroatoms. The highest BCUT2D eigenvalue weighted by Crippen LogP contribution is 2.50. The van der Waals surface area contributed by atoms with Crippen molar-refractivity contribution in [2.75, 3.05) is 25.1 Å². The SMILES string of the molecule is CN1CC2(CC1N)SCCS2.